The first kappa shape index (κ1) is 14.1. The number of nitrogens with two attached hydrogens (primary N) is 1. The predicted octanol–water partition coefficient (Wildman–Crippen LogP) is 3.04. The molecule has 1 heterocycles. The summed E-state index contributed by atoms with van der Waals surface area (Å²) in [4.78, 5) is 4.16. The predicted molar refractivity (Wildman–Crippen MR) is 76.8 cm³/mol. The van der Waals surface area contributed by atoms with E-state index in [9.17, 15) is 4.39 Å². The number of aromatic nitrogens is 1. The Morgan fingerprint density at radius 3 is 2.79 bits per heavy atom. The number of nitrogens with zero attached hydrogens (tertiary/aromatic N) is 1. The number of hydrogen-bond acceptors (Lipinski definition) is 3. The molecule has 1 unspecified atom stereocenters. The average Bonchev–Trinajstić information content (AvgIpc) is 2.38. The van der Waals surface area contributed by atoms with Crippen molar-refractivity contribution in [3.05, 3.63) is 63.6 Å². The van der Waals surface area contributed by atoms with Crippen molar-refractivity contribution in [2.24, 2.45) is 5.84 Å². The van der Waals surface area contributed by atoms with Gasteiger partial charge in [0.1, 0.15) is 5.82 Å². The molecule has 0 spiro atoms. The molecule has 0 saturated heterocycles. The van der Waals surface area contributed by atoms with Crippen LogP contribution in [0.2, 0.25) is 0 Å². The van der Waals surface area contributed by atoms with Crippen LogP contribution in [0.3, 0.4) is 0 Å². The molecule has 0 radical (unpaired) electrons. The third-order valence-corrected chi connectivity index (χ3v) is 3.68. The summed E-state index contributed by atoms with van der Waals surface area (Å²) in [6.07, 6.45) is 4.24. The summed E-state index contributed by atoms with van der Waals surface area (Å²) in [6, 6.07) is 6.63. The van der Waals surface area contributed by atoms with E-state index in [1.807, 2.05) is 13.0 Å². The van der Waals surface area contributed by atoms with Gasteiger partial charge < -0.3 is 0 Å². The Morgan fingerprint density at radius 2 is 2.16 bits per heavy atom. The summed E-state index contributed by atoms with van der Waals surface area (Å²) in [7, 11) is 0. The Kier molecular flexibility index (Phi) is 4.63. The molecule has 0 aliphatic heterocycles. The molecule has 0 fully saturated rings. The summed E-state index contributed by atoms with van der Waals surface area (Å²) in [5.41, 5.74) is 5.87. The Hall–Kier alpha value is -1.30. The average molecular weight is 324 g/mol. The Morgan fingerprint density at radius 1 is 1.37 bits per heavy atom. The van der Waals surface area contributed by atoms with Gasteiger partial charge in [0.2, 0.25) is 0 Å². The zero-order chi connectivity index (χ0) is 13.8. The third kappa shape index (κ3) is 3.59. The molecule has 5 heteroatoms. The van der Waals surface area contributed by atoms with Crippen LogP contribution in [0.1, 0.15) is 22.7 Å². The zero-order valence-corrected chi connectivity index (χ0v) is 12.1. The lowest BCUT2D eigenvalue weighted by atomic mass is 10.00. The van der Waals surface area contributed by atoms with Crippen LogP contribution in [0.25, 0.3) is 0 Å². The second-order valence-electron chi connectivity index (χ2n) is 4.45. The van der Waals surface area contributed by atoms with Gasteiger partial charge in [0.05, 0.1) is 6.04 Å². The van der Waals surface area contributed by atoms with E-state index in [-0.39, 0.29) is 11.9 Å². The number of aryl methyl sites for hydroxylation is 1. The molecular formula is C14H15BrFN3. The first-order valence-electron chi connectivity index (χ1n) is 5.91. The van der Waals surface area contributed by atoms with E-state index in [1.165, 1.54) is 12.1 Å². The fourth-order valence-electron chi connectivity index (χ4n) is 1.95. The lowest BCUT2D eigenvalue weighted by molar-refractivity contribution is 0.547. The number of pyridine rings is 1. The molecule has 0 saturated carbocycles. The standard InChI is InChI=1S/C14H15BrFN3/c1-9-4-11(8-18-7-9)14(19-17)5-10-2-3-12(16)6-13(10)15/h2-4,6-8,14,19H,5,17H2,1H3. The van der Waals surface area contributed by atoms with Crippen molar-refractivity contribution in [1.29, 1.82) is 0 Å². The fraction of sp³-hybridized carbons (Fsp3) is 0.214. The fourth-order valence-corrected chi connectivity index (χ4v) is 2.46. The second kappa shape index (κ2) is 6.23. The van der Waals surface area contributed by atoms with Crippen LogP contribution in [0, 0.1) is 12.7 Å². The number of hydrazine groups is 1. The van der Waals surface area contributed by atoms with Crippen molar-refractivity contribution in [3.63, 3.8) is 0 Å². The quantitative estimate of drug-likeness (QED) is 0.671. The lowest BCUT2D eigenvalue weighted by Crippen LogP contribution is -2.29. The van der Waals surface area contributed by atoms with Crippen LogP contribution >= 0.6 is 15.9 Å². The molecular weight excluding hydrogens is 309 g/mol. The first-order valence-corrected chi connectivity index (χ1v) is 6.71. The Balaban J connectivity index is 2.24. The number of halogens is 2. The summed E-state index contributed by atoms with van der Waals surface area (Å²) >= 11 is 3.37. The van der Waals surface area contributed by atoms with Gasteiger partial charge in [0, 0.05) is 16.9 Å². The minimum Gasteiger partial charge on any atom is -0.271 e. The normalized spacial score (nSPS) is 12.4. The molecule has 19 heavy (non-hydrogen) atoms. The van der Waals surface area contributed by atoms with E-state index in [2.05, 4.69) is 26.3 Å². The molecule has 3 nitrogen and oxygen atoms in total. The van der Waals surface area contributed by atoms with Crippen LogP contribution in [0.4, 0.5) is 4.39 Å². The molecule has 100 valence electrons. The molecule has 0 bridgehead atoms. The second-order valence-corrected chi connectivity index (χ2v) is 5.31. The summed E-state index contributed by atoms with van der Waals surface area (Å²) < 4.78 is 13.8. The maximum Gasteiger partial charge on any atom is 0.124 e. The molecule has 3 N–H and O–H groups in total. The van der Waals surface area contributed by atoms with Crippen molar-refractivity contribution < 1.29 is 4.39 Å². The van der Waals surface area contributed by atoms with Gasteiger partial charge in [-0.3, -0.25) is 16.3 Å². The lowest BCUT2D eigenvalue weighted by Gasteiger charge is -2.17. The van der Waals surface area contributed by atoms with E-state index in [0.29, 0.717) is 6.42 Å². The van der Waals surface area contributed by atoms with Gasteiger partial charge >= 0.3 is 0 Å². The SMILES string of the molecule is Cc1cncc(C(Cc2ccc(F)cc2Br)NN)c1. The van der Waals surface area contributed by atoms with Crippen molar-refractivity contribution in [3.8, 4) is 0 Å². The van der Waals surface area contributed by atoms with Gasteiger partial charge in [-0.2, -0.15) is 0 Å². The van der Waals surface area contributed by atoms with Crippen LogP contribution in [-0.4, -0.2) is 4.98 Å². The molecule has 0 aliphatic rings. The molecule has 2 aromatic rings. The number of nitrogens with one attached hydrogen (secondary N) is 1. The van der Waals surface area contributed by atoms with Gasteiger partial charge in [-0.25, -0.2) is 4.39 Å². The summed E-state index contributed by atoms with van der Waals surface area (Å²) in [5, 5.41) is 0. The van der Waals surface area contributed by atoms with Gasteiger partial charge in [0.25, 0.3) is 0 Å². The number of hydrogen-bond donors (Lipinski definition) is 2. The molecule has 1 aromatic heterocycles. The molecule has 2 rings (SSSR count). The van der Waals surface area contributed by atoms with E-state index < -0.39 is 0 Å². The highest BCUT2D eigenvalue weighted by atomic mass is 79.9. The van der Waals surface area contributed by atoms with Crippen molar-refractivity contribution >= 4 is 15.9 Å². The van der Waals surface area contributed by atoms with Crippen LogP contribution < -0.4 is 11.3 Å². The monoisotopic (exact) mass is 323 g/mol. The Labute approximate surface area is 120 Å². The van der Waals surface area contributed by atoms with E-state index in [4.69, 9.17) is 5.84 Å². The van der Waals surface area contributed by atoms with Gasteiger partial charge in [-0.15, -0.1) is 0 Å². The minimum atomic E-state index is -0.259. The topological polar surface area (TPSA) is 50.9 Å². The largest absolute Gasteiger partial charge is 0.271 e. The van der Waals surface area contributed by atoms with Gasteiger partial charge in [0.15, 0.2) is 0 Å². The van der Waals surface area contributed by atoms with Gasteiger partial charge in [-0.1, -0.05) is 28.1 Å². The molecule has 1 atom stereocenters. The maximum atomic E-state index is 13.1. The summed E-state index contributed by atoms with van der Waals surface area (Å²) in [5.74, 6) is 5.36. The number of rotatable bonds is 4. The van der Waals surface area contributed by atoms with Crippen LogP contribution in [0.5, 0.6) is 0 Å². The van der Waals surface area contributed by atoms with E-state index in [1.54, 1.807) is 18.5 Å². The summed E-state index contributed by atoms with van der Waals surface area (Å²) in [6.45, 7) is 1.98. The Bertz CT molecular complexity index is 574. The van der Waals surface area contributed by atoms with Crippen LogP contribution in [-0.2, 0) is 6.42 Å². The highest BCUT2D eigenvalue weighted by Crippen LogP contribution is 2.24. The highest BCUT2D eigenvalue weighted by Gasteiger charge is 2.13. The van der Waals surface area contributed by atoms with Crippen molar-refractivity contribution in [1.82, 2.24) is 10.4 Å². The zero-order valence-electron chi connectivity index (χ0n) is 10.5. The number of benzene rings is 1. The molecule has 0 aliphatic carbocycles. The van der Waals surface area contributed by atoms with Crippen molar-refractivity contribution in [2.45, 2.75) is 19.4 Å². The van der Waals surface area contributed by atoms with Crippen molar-refractivity contribution in [2.75, 3.05) is 0 Å². The highest BCUT2D eigenvalue weighted by molar-refractivity contribution is 9.10. The van der Waals surface area contributed by atoms with Gasteiger partial charge in [-0.05, 0) is 42.2 Å². The van der Waals surface area contributed by atoms with E-state index in [0.717, 1.165) is 21.2 Å². The molecule has 1 aromatic carbocycles. The van der Waals surface area contributed by atoms with E-state index >= 15 is 0 Å². The minimum absolute atomic E-state index is 0.0610. The first-order chi connectivity index (χ1) is 9.10. The smallest absolute Gasteiger partial charge is 0.124 e. The molecule has 0 amide bonds. The maximum absolute atomic E-state index is 13.1. The third-order valence-electron chi connectivity index (χ3n) is 2.94. The van der Waals surface area contributed by atoms with Crippen LogP contribution in [0.15, 0.2) is 41.1 Å².